The summed E-state index contributed by atoms with van der Waals surface area (Å²) >= 11 is 0. The van der Waals surface area contributed by atoms with Crippen LogP contribution < -0.4 is 5.32 Å². The minimum absolute atomic E-state index is 0.0451. The standard InChI is InChI=1S/C73H125N2O6P/c1-6-8-10-12-14-16-18-20-22-24-26-28-30-31-32-33-34-35-36-37-38-39-40-41-42-43-45-47-49-51-53-55-57-59-61-63-65-67-73(77)74-71(70-81-82(78,79)80-69-68-75(3,4)5)72(76)66-64-62-60-58-56-54-52-50-48-46-44-29-27-25-23-21-19-17-15-13-11-9-7-2/h8,10,14,16,20,22,26,28,31-32,34-35,37-38,40-41,43,45,48,50,56,58,64,66,71-72,76H,6-7,9,11-13,15,17-19,21,23-25,27,29-30,33,36,39,42,44,46-47,49,51-55,57,59-63,65,67-70H2,1-5H3,(H-,74,77,78,79)/p+1/b10-8-,16-14-,22-20-,28-26-,32-31-,35-34-,38-37-,41-40-,45-43-,50-48+,58-56+,66-64+. The molecule has 0 saturated carbocycles. The van der Waals surface area contributed by atoms with Crippen molar-refractivity contribution in [2.24, 2.45) is 0 Å². The molecule has 8 nitrogen and oxygen atoms in total. The number of hydrogen-bond acceptors (Lipinski definition) is 5. The molecule has 0 rings (SSSR count). The van der Waals surface area contributed by atoms with Crippen LogP contribution in [-0.2, 0) is 18.4 Å². The Bertz CT molecular complexity index is 1840. The summed E-state index contributed by atoms with van der Waals surface area (Å²) in [7, 11) is 1.53. The van der Waals surface area contributed by atoms with Gasteiger partial charge in [-0.2, -0.15) is 0 Å². The van der Waals surface area contributed by atoms with E-state index < -0.39 is 20.0 Å². The van der Waals surface area contributed by atoms with Crippen LogP contribution in [0.3, 0.4) is 0 Å². The number of quaternary nitrogens is 1. The van der Waals surface area contributed by atoms with Gasteiger partial charge in [0.1, 0.15) is 13.2 Å². The van der Waals surface area contributed by atoms with Crippen molar-refractivity contribution in [2.75, 3.05) is 40.9 Å². The van der Waals surface area contributed by atoms with Crippen molar-refractivity contribution in [3.05, 3.63) is 146 Å². The second-order valence-corrected chi connectivity index (χ2v) is 24.5. The Morgan fingerprint density at radius 1 is 0.427 bits per heavy atom. The second kappa shape index (κ2) is 61.9. The first kappa shape index (κ1) is 78.4. The number of carbonyl (C=O) groups excluding carboxylic acids is 1. The lowest BCUT2D eigenvalue weighted by atomic mass is 10.0. The van der Waals surface area contributed by atoms with Crippen molar-refractivity contribution >= 4 is 13.7 Å². The van der Waals surface area contributed by atoms with E-state index in [0.29, 0.717) is 17.4 Å². The molecule has 0 aromatic heterocycles. The topological polar surface area (TPSA) is 105 Å². The van der Waals surface area contributed by atoms with Gasteiger partial charge in [-0.05, 0) is 116 Å². The monoisotopic (exact) mass is 1160 g/mol. The van der Waals surface area contributed by atoms with E-state index >= 15 is 0 Å². The minimum Gasteiger partial charge on any atom is -0.387 e. The molecule has 0 radical (unpaired) electrons. The molecular weight excluding hydrogens is 1030 g/mol. The maximum atomic E-state index is 13.0. The summed E-state index contributed by atoms with van der Waals surface area (Å²) in [4.78, 5) is 23.4. The van der Waals surface area contributed by atoms with Gasteiger partial charge in [-0.15, -0.1) is 0 Å². The van der Waals surface area contributed by atoms with Crippen LogP contribution in [0.25, 0.3) is 0 Å². The molecule has 0 spiro atoms. The van der Waals surface area contributed by atoms with Crippen LogP contribution in [0.4, 0.5) is 0 Å². The van der Waals surface area contributed by atoms with Gasteiger partial charge in [0.25, 0.3) is 0 Å². The number of likely N-dealkylation sites (N-methyl/N-ethyl adjacent to an activating group) is 1. The predicted molar refractivity (Wildman–Crippen MR) is 359 cm³/mol. The van der Waals surface area contributed by atoms with Crippen molar-refractivity contribution in [1.29, 1.82) is 0 Å². The summed E-state index contributed by atoms with van der Waals surface area (Å²) in [6.45, 7) is 4.67. The molecule has 3 atom stereocenters. The number of phosphoric acid groups is 1. The number of rotatable bonds is 59. The highest BCUT2D eigenvalue weighted by atomic mass is 31.2. The SMILES string of the molecule is CC/C=C\C/C=C\C/C=C\C/C=C\C/C=C\C/C=C\C/C=C\C/C=C\C/C=C\CCCCCCCCCCCC(=O)NC(COP(=O)(O)OCC[N+](C)(C)C)C(O)/C=C/CC/C=C/CC/C=C/CCCCCCCCCCCCCCC. The third-order valence-electron chi connectivity index (χ3n) is 14.0. The van der Waals surface area contributed by atoms with Crippen molar-refractivity contribution < 1.29 is 32.9 Å². The molecule has 0 fully saturated rings. The first-order chi connectivity index (χ1) is 40.0. The summed E-state index contributed by atoms with van der Waals surface area (Å²) in [6.07, 6.45) is 95.5. The maximum Gasteiger partial charge on any atom is 0.472 e. The molecule has 468 valence electrons. The smallest absolute Gasteiger partial charge is 0.387 e. The van der Waals surface area contributed by atoms with Gasteiger partial charge in [0.05, 0.1) is 39.9 Å². The maximum absolute atomic E-state index is 13.0. The van der Waals surface area contributed by atoms with Gasteiger partial charge >= 0.3 is 7.82 Å². The van der Waals surface area contributed by atoms with Gasteiger partial charge in [-0.25, -0.2) is 4.57 Å². The molecule has 1 amide bonds. The number of unbranched alkanes of at least 4 members (excludes halogenated alkanes) is 24. The normalized spacial score (nSPS) is 14.7. The van der Waals surface area contributed by atoms with Crippen LogP contribution in [-0.4, -0.2) is 73.4 Å². The average molecular weight is 1160 g/mol. The van der Waals surface area contributed by atoms with Crippen molar-refractivity contribution in [3.63, 3.8) is 0 Å². The highest BCUT2D eigenvalue weighted by Gasteiger charge is 2.27. The number of allylic oxidation sites excluding steroid dienone is 23. The quantitative estimate of drug-likeness (QED) is 0.0243. The zero-order valence-corrected chi connectivity index (χ0v) is 54.3. The molecule has 0 aliphatic heterocycles. The average Bonchev–Trinajstić information content (AvgIpc) is 3.47. The van der Waals surface area contributed by atoms with E-state index in [1.807, 2.05) is 27.2 Å². The van der Waals surface area contributed by atoms with Gasteiger partial charge in [0, 0.05) is 6.42 Å². The zero-order chi connectivity index (χ0) is 59.8. The van der Waals surface area contributed by atoms with Crippen molar-refractivity contribution in [2.45, 2.75) is 270 Å². The first-order valence-corrected chi connectivity index (χ1v) is 34.7. The van der Waals surface area contributed by atoms with E-state index in [4.69, 9.17) is 9.05 Å². The van der Waals surface area contributed by atoms with Gasteiger partial charge in [-0.1, -0.05) is 282 Å². The van der Waals surface area contributed by atoms with Crippen molar-refractivity contribution in [3.8, 4) is 0 Å². The summed E-state index contributed by atoms with van der Waals surface area (Å²) < 4.78 is 23.7. The zero-order valence-electron chi connectivity index (χ0n) is 53.4. The van der Waals surface area contributed by atoms with Crippen LogP contribution in [0, 0.1) is 0 Å². The molecule has 82 heavy (non-hydrogen) atoms. The molecule has 0 heterocycles. The Balaban J connectivity index is 4.22. The number of aliphatic hydroxyl groups excluding tert-OH is 1. The molecule has 0 saturated heterocycles. The summed E-state index contributed by atoms with van der Waals surface area (Å²) in [5.74, 6) is -0.202. The van der Waals surface area contributed by atoms with Gasteiger partial charge in [0.2, 0.25) is 5.91 Å². The van der Waals surface area contributed by atoms with Crippen LogP contribution in [0.2, 0.25) is 0 Å². The molecule has 0 aromatic carbocycles. The number of hydrogen-bond donors (Lipinski definition) is 3. The lowest BCUT2D eigenvalue weighted by Crippen LogP contribution is -2.45. The summed E-state index contributed by atoms with van der Waals surface area (Å²) in [5, 5.41) is 13.9. The van der Waals surface area contributed by atoms with E-state index in [-0.39, 0.29) is 19.1 Å². The molecular formula is C73H126N2O6P+. The third kappa shape index (κ3) is 64.0. The van der Waals surface area contributed by atoms with Crippen LogP contribution in [0.5, 0.6) is 0 Å². The van der Waals surface area contributed by atoms with E-state index in [0.717, 1.165) is 116 Å². The van der Waals surface area contributed by atoms with E-state index in [9.17, 15) is 19.4 Å². The molecule has 0 bridgehead atoms. The van der Waals surface area contributed by atoms with Gasteiger partial charge < -0.3 is 19.8 Å². The lowest BCUT2D eigenvalue weighted by Gasteiger charge is -2.25. The number of nitrogens with one attached hydrogen (secondary N) is 1. The number of phosphoric ester groups is 1. The summed E-state index contributed by atoms with van der Waals surface area (Å²) in [6, 6.07) is -0.885. The Labute approximate surface area is 506 Å². The van der Waals surface area contributed by atoms with E-state index in [2.05, 4.69) is 153 Å². The predicted octanol–water partition coefficient (Wildman–Crippen LogP) is 21.2. The Hall–Kier alpha value is -3.62. The number of carbonyl (C=O) groups is 1. The van der Waals surface area contributed by atoms with Crippen LogP contribution in [0.1, 0.15) is 258 Å². The summed E-state index contributed by atoms with van der Waals surface area (Å²) in [5.41, 5.74) is 0. The third-order valence-corrected chi connectivity index (χ3v) is 15.0. The molecule has 3 unspecified atom stereocenters. The number of nitrogens with zero attached hydrogens (tertiary/aromatic N) is 1. The van der Waals surface area contributed by atoms with Crippen molar-refractivity contribution in [1.82, 2.24) is 5.32 Å². The molecule has 0 aliphatic carbocycles. The highest BCUT2D eigenvalue weighted by Crippen LogP contribution is 2.43. The fraction of sp³-hybridized carbons (Fsp3) is 0.658. The molecule has 9 heteroatoms. The van der Waals surface area contributed by atoms with Gasteiger partial charge in [-0.3, -0.25) is 13.8 Å². The fourth-order valence-electron chi connectivity index (χ4n) is 8.89. The van der Waals surface area contributed by atoms with Crippen LogP contribution >= 0.6 is 7.82 Å². The van der Waals surface area contributed by atoms with Gasteiger partial charge in [0.15, 0.2) is 0 Å². The largest absolute Gasteiger partial charge is 0.472 e. The Kier molecular flexibility index (Phi) is 59.2. The van der Waals surface area contributed by atoms with E-state index in [1.54, 1.807) is 6.08 Å². The van der Waals surface area contributed by atoms with Crippen LogP contribution in [0.15, 0.2) is 146 Å². The Morgan fingerprint density at radius 3 is 1.12 bits per heavy atom. The highest BCUT2D eigenvalue weighted by molar-refractivity contribution is 7.47. The molecule has 3 N–H and O–H groups in total. The second-order valence-electron chi connectivity index (χ2n) is 23.1. The number of aliphatic hydroxyl groups is 1. The number of amides is 1. The molecule has 0 aromatic rings. The first-order valence-electron chi connectivity index (χ1n) is 33.2. The fourth-order valence-corrected chi connectivity index (χ4v) is 9.63. The minimum atomic E-state index is -4.38. The Morgan fingerprint density at radius 2 is 0.744 bits per heavy atom. The van der Waals surface area contributed by atoms with E-state index in [1.165, 1.54) is 122 Å². The lowest BCUT2D eigenvalue weighted by molar-refractivity contribution is -0.870. The molecule has 0 aliphatic rings.